The van der Waals surface area contributed by atoms with Crippen LogP contribution in [0.3, 0.4) is 0 Å². The highest BCUT2D eigenvalue weighted by Crippen LogP contribution is 2.24. The second-order valence-electron chi connectivity index (χ2n) is 4.75. The summed E-state index contributed by atoms with van der Waals surface area (Å²) in [6, 6.07) is 0.647. The van der Waals surface area contributed by atoms with Gasteiger partial charge in [-0.3, -0.25) is 4.99 Å². The van der Waals surface area contributed by atoms with Gasteiger partial charge in [0.05, 0.1) is 5.60 Å². The monoisotopic (exact) mass is 339 g/mol. The largest absolute Gasteiger partial charge is 0.373 e. The SMILES string of the molecule is CN=C(NCC1(C)CCCO1)NC1CC1.I. The van der Waals surface area contributed by atoms with Crippen molar-refractivity contribution >= 4 is 29.9 Å². The smallest absolute Gasteiger partial charge is 0.191 e. The van der Waals surface area contributed by atoms with E-state index >= 15 is 0 Å². The van der Waals surface area contributed by atoms with Crippen molar-refractivity contribution in [2.24, 2.45) is 4.99 Å². The summed E-state index contributed by atoms with van der Waals surface area (Å²) in [6.45, 7) is 3.91. The molecule has 94 valence electrons. The van der Waals surface area contributed by atoms with Gasteiger partial charge in [-0.15, -0.1) is 24.0 Å². The molecule has 0 amide bonds. The molecule has 1 unspecified atom stereocenters. The first-order valence-corrected chi connectivity index (χ1v) is 5.83. The van der Waals surface area contributed by atoms with Gasteiger partial charge >= 0.3 is 0 Å². The van der Waals surface area contributed by atoms with Crippen molar-refractivity contribution in [1.29, 1.82) is 0 Å². The Kier molecular flexibility index (Phi) is 5.30. The number of halogens is 1. The molecule has 4 nitrogen and oxygen atoms in total. The lowest BCUT2D eigenvalue weighted by atomic mass is 10.0. The molecule has 2 aliphatic rings. The van der Waals surface area contributed by atoms with E-state index in [-0.39, 0.29) is 29.6 Å². The van der Waals surface area contributed by atoms with Gasteiger partial charge in [0.2, 0.25) is 0 Å². The van der Waals surface area contributed by atoms with E-state index in [1.807, 2.05) is 7.05 Å². The summed E-state index contributed by atoms with van der Waals surface area (Å²) in [7, 11) is 1.82. The van der Waals surface area contributed by atoms with Gasteiger partial charge in [0, 0.05) is 26.2 Å². The van der Waals surface area contributed by atoms with E-state index < -0.39 is 0 Å². The maximum atomic E-state index is 5.71. The zero-order valence-corrected chi connectivity index (χ0v) is 12.4. The second kappa shape index (κ2) is 6.05. The Hall–Kier alpha value is -0.0400. The van der Waals surface area contributed by atoms with Gasteiger partial charge in [-0.25, -0.2) is 0 Å². The maximum absolute atomic E-state index is 5.71. The molecule has 1 heterocycles. The van der Waals surface area contributed by atoms with E-state index in [1.165, 1.54) is 19.3 Å². The molecule has 0 aromatic heterocycles. The van der Waals surface area contributed by atoms with Crippen molar-refractivity contribution in [3.63, 3.8) is 0 Å². The first kappa shape index (κ1) is 14.0. The first-order valence-electron chi connectivity index (χ1n) is 5.83. The van der Waals surface area contributed by atoms with Crippen molar-refractivity contribution in [2.75, 3.05) is 20.2 Å². The average molecular weight is 339 g/mol. The minimum atomic E-state index is 0. The molecule has 0 aromatic rings. The predicted octanol–water partition coefficient (Wildman–Crippen LogP) is 1.50. The van der Waals surface area contributed by atoms with Crippen LogP contribution in [0.1, 0.15) is 32.6 Å². The lowest BCUT2D eigenvalue weighted by molar-refractivity contribution is 0.0243. The summed E-state index contributed by atoms with van der Waals surface area (Å²) < 4.78 is 5.71. The van der Waals surface area contributed by atoms with Crippen LogP contribution in [0.2, 0.25) is 0 Å². The molecule has 2 rings (SSSR count). The molecular formula is C11H22IN3O. The van der Waals surface area contributed by atoms with Gasteiger partial charge in [0.1, 0.15) is 0 Å². The zero-order chi connectivity index (χ0) is 10.7. The molecule has 2 fully saturated rings. The van der Waals surface area contributed by atoms with Crippen molar-refractivity contribution in [1.82, 2.24) is 10.6 Å². The summed E-state index contributed by atoms with van der Waals surface area (Å²) in [5.74, 6) is 0.911. The predicted molar refractivity (Wildman–Crippen MR) is 76.5 cm³/mol. The van der Waals surface area contributed by atoms with Crippen molar-refractivity contribution < 1.29 is 4.74 Å². The van der Waals surface area contributed by atoms with E-state index in [1.54, 1.807) is 0 Å². The van der Waals surface area contributed by atoms with Gasteiger partial charge in [0.15, 0.2) is 5.96 Å². The van der Waals surface area contributed by atoms with Crippen LogP contribution >= 0.6 is 24.0 Å². The molecule has 16 heavy (non-hydrogen) atoms. The molecule has 1 aliphatic carbocycles. The van der Waals surface area contributed by atoms with Gasteiger partial charge < -0.3 is 15.4 Å². The molecule has 5 heteroatoms. The van der Waals surface area contributed by atoms with Crippen LogP contribution in [0.25, 0.3) is 0 Å². The normalized spacial score (nSPS) is 29.8. The molecular weight excluding hydrogens is 317 g/mol. The van der Waals surface area contributed by atoms with E-state index in [2.05, 4.69) is 22.5 Å². The summed E-state index contributed by atoms with van der Waals surface area (Å²) in [4.78, 5) is 4.20. The summed E-state index contributed by atoms with van der Waals surface area (Å²) in [6.07, 6.45) is 4.86. The lowest BCUT2D eigenvalue weighted by Crippen LogP contribution is -2.46. The highest BCUT2D eigenvalue weighted by molar-refractivity contribution is 14.0. The van der Waals surface area contributed by atoms with Crippen LogP contribution in [0.5, 0.6) is 0 Å². The highest BCUT2D eigenvalue weighted by Gasteiger charge is 2.30. The van der Waals surface area contributed by atoms with Crippen LogP contribution in [0, 0.1) is 0 Å². The fourth-order valence-electron chi connectivity index (χ4n) is 1.86. The fourth-order valence-corrected chi connectivity index (χ4v) is 1.86. The van der Waals surface area contributed by atoms with E-state index in [9.17, 15) is 0 Å². The molecule has 0 aromatic carbocycles. The number of aliphatic imine (C=N–C) groups is 1. The zero-order valence-electron chi connectivity index (χ0n) is 10.1. The third-order valence-electron chi connectivity index (χ3n) is 3.07. The van der Waals surface area contributed by atoms with Crippen LogP contribution in [-0.4, -0.2) is 37.8 Å². The Morgan fingerprint density at radius 3 is 2.75 bits per heavy atom. The quantitative estimate of drug-likeness (QED) is 0.465. The number of hydrogen-bond acceptors (Lipinski definition) is 2. The Balaban J connectivity index is 0.00000128. The molecule has 1 saturated heterocycles. The van der Waals surface area contributed by atoms with E-state index in [0.717, 1.165) is 25.5 Å². The van der Waals surface area contributed by atoms with Crippen LogP contribution in [0.15, 0.2) is 4.99 Å². The van der Waals surface area contributed by atoms with Crippen LogP contribution in [-0.2, 0) is 4.74 Å². The second-order valence-corrected chi connectivity index (χ2v) is 4.75. The van der Waals surface area contributed by atoms with Gasteiger partial charge in [-0.05, 0) is 32.6 Å². The minimum absolute atomic E-state index is 0. The molecule has 1 saturated carbocycles. The molecule has 0 bridgehead atoms. The Morgan fingerprint density at radius 2 is 2.25 bits per heavy atom. The molecule has 1 aliphatic heterocycles. The lowest BCUT2D eigenvalue weighted by Gasteiger charge is -2.24. The fraction of sp³-hybridized carbons (Fsp3) is 0.909. The summed E-state index contributed by atoms with van der Waals surface area (Å²) in [5, 5.41) is 6.70. The summed E-state index contributed by atoms with van der Waals surface area (Å²) >= 11 is 0. The van der Waals surface area contributed by atoms with Crippen LogP contribution in [0.4, 0.5) is 0 Å². The number of ether oxygens (including phenoxy) is 1. The molecule has 0 spiro atoms. The van der Waals surface area contributed by atoms with Gasteiger partial charge in [-0.1, -0.05) is 0 Å². The first-order chi connectivity index (χ1) is 7.22. The Morgan fingerprint density at radius 1 is 1.50 bits per heavy atom. The van der Waals surface area contributed by atoms with Crippen molar-refractivity contribution in [3.8, 4) is 0 Å². The Labute approximate surface area is 115 Å². The van der Waals surface area contributed by atoms with Gasteiger partial charge in [0.25, 0.3) is 0 Å². The van der Waals surface area contributed by atoms with E-state index in [4.69, 9.17) is 4.74 Å². The standard InChI is InChI=1S/C11H21N3O.HI/c1-11(6-3-7-15-11)8-13-10(12-2)14-9-4-5-9;/h9H,3-8H2,1-2H3,(H2,12,13,14);1H. The highest BCUT2D eigenvalue weighted by atomic mass is 127. The van der Waals surface area contributed by atoms with Crippen molar-refractivity contribution in [2.45, 2.75) is 44.2 Å². The minimum Gasteiger partial charge on any atom is -0.373 e. The maximum Gasteiger partial charge on any atom is 0.191 e. The molecule has 0 radical (unpaired) electrons. The topological polar surface area (TPSA) is 45.7 Å². The van der Waals surface area contributed by atoms with Gasteiger partial charge in [-0.2, -0.15) is 0 Å². The molecule has 1 atom stereocenters. The van der Waals surface area contributed by atoms with Crippen molar-refractivity contribution in [3.05, 3.63) is 0 Å². The number of rotatable bonds is 3. The number of hydrogen-bond donors (Lipinski definition) is 2. The third-order valence-corrected chi connectivity index (χ3v) is 3.07. The van der Waals surface area contributed by atoms with E-state index in [0.29, 0.717) is 6.04 Å². The number of nitrogens with one attached hydrogen (secondary N) is 2. The molecule has 2 N–H and O–H groups in total. The third kappa shape index (κ3) is 4.08. The number of nitrogens with zero attached hydrogens (tertiary/aromatic N) is 1. The van der Waals surface area contributed by atoms with Crippen LogP contribution < -0.4 is 10.6 Å². The number of guanidine groups is 1. The summed E-state index contributed by atoms with van der Waals surface area (Å²) in [5.41, 5.74) is 0.00116. The Bertz CT molecular complexity index is 248. The average Bonchev–Trinajstić information content (AvgIpc) is 2.95.